The van der Waals surface area contributed by atoms with E-state index in [1.165, 1.54) is 5.56 Å². The molecule has 2 heteroatoms. The van der Waals surface area contributed by atoms with Gasteiger partial charge >= 0.3 is 0 Å². The Bertz CT molecular complexity index is 291. The molecule has 1 aromatic carbocycles. The smallest absolute Gasteiger partial charge is 0.0646 e. The van der Waals surface area contributed by atoms with E-state index in [1.807, 2.05) is 0 Å². The van der Waals surface area contributed by atoms with E-state index in [4.69, 9.17) is 4.74 Å². The minimum Gasteiger partial charge on any atom is -0.379 e. The zero-order valence-corrected chi connectivity index (χ0v) is 9.33. The first kappa shape index (κ1) is 10.7. The van der Waals surface area contributed by atoms with Gasteiger partial charge in [-0.1, -0.05) is 30.3 Å². The fourth-order valence-electron chi connectivity index (χ4n) is 1.96. The van der Waals surface area contributed by atoms with E-state index in [0.717, 1.165) is 32.6 Å². The van der Waals surface area contributed by atoms with Crippen LogP contribution in [-0.4, -0.2) is 25.3 Å². The molecule has 82 valence electrons. The first-order valence-electron chi connectivity index (χ1n) is 5.65. The van der Waals surface area contributed by atoms with Gasteiger partial charge in [0.15, 0.2) is 0 Å². The minimum atomic E-state index is 0.203. The van der Waals surface area contributed by atoms with Crippen LogP contribution in [0.4, 0.5) is 0 Å². The third-order valence-corrected chi connectivity index (χ3v) is 3.03. The fraction of sp³-hybridized carbons (Fsp3) is 0.538. The van der Waals surface area contributed by atoms with Gasteiger partial charge in [0.05, 0.1) is 6.61 Å². The lowest BCUT2D eigenvalue weighted by Crippen LogP contribution is -2.43. The zero-order valence-electron chi connectivity index (χ0n) is 9.33. The number of hydrogen-bond acceptors (Lipinski definition) is 2. The van der Waals surface area contributed by atoms with Crippen molar-refractivity contribution in [3.8, 4) is 0 Å². The van der Waals surface area contributed by atoms with Crippen molar-refractivity contribution in [3.05, 3.63) is 35.9 Å². The van der Waals surface area contributed by atoms with Crippen LogP contribution in [0.25, 0.3) is 0 Å². The minimum absolute atomic E-state index is 0.203. The maximum Gasteiger partial charge on any atom is 0.0646 e. The maximum absolute atomic E-state index is 5.40. The van der Waals surface area contributed by atoms with Gasteiger partial charge in [0.1, 0.15) is 0 Å². The molecular formula is C13H19NO. The summed E-state index contributed by atoms with van der Waals surface area (Å²) in [5.74, 6) is 0. The van der Waals surface area contributed by atoms with Crippen LogP contribution in [0.15, 0.2) is 30.3 Å². The summed E-state index contributed by atoms with van der Waals surface area (Å²) in [6.45, 7) is 5.02. The van der Waals surface area contributed by atoms with Gasteiger partial charge in [0.2, 0.25) is 0 Å². The fourth-order valence-corrected chi connectivity index (χ4v) is 1.96. The predicted octanol–water partition coefficient (Wildman–Crippen LogP) is 2.00. The molecule has 1 saturated heterocycles. The molecule has 1 aliphatic rings. The van der Waals surface area contributed by atoms with Crippen molar-refractivity contribution in [2.45, 2.75) is 25.3 Å². The Balaban J connectivity index is 1.75. The molecule has 0 spiro atoms. The molecule has 0 aliphatic carbocycles. The molecule has 0 saturated carbocycles. The van der Waals surface area contributed by atoms with Crippen LogP contribution >= 0.6 is 0 Å². The highest BCUT2D eigenvalue weighted by Gasteiger charge is 2.28. The predicted molar refractivity (Wildman–Crippen MR) is 62.0 cm³/mol. The van der Waals surface area contributed by atoms with Crippen LogP contribution in [-0.2, 0) is 11.2 Å². The van der Waals surface area contributed by atoms with Gasteiger partial charge in [-0.05, 0) is 31.9 Å². The van der Waals surface area contributed by atoms with E-state index in [9.17, 15) is 0 Å². The van der Waals surface area contributed by atoms with Gasteiger partial charge in [-0.25, -0.2) is 0 Å². The highest BCUT2D eigenvalue weighted by Crippen LogP contribution is 2.17. The van der Waals surface area contributed by atoms with E-state index in [-0.39, 0.29) is 5.54 Å². The second kappa shape index (κ2) is 4.77. The Kier molecular flexibility index (Phi) is 3.39. The van der Waals surface area contributed by atoms with Crippen LogP contribution in [0.1, 0.15) is 18.9 Å². The number of hydrogen-bond donors (Lipinski definition) is 1. The molecule has 1 atom stereocenters. The topological polar surface area (TPSA) is 21.3 Å². The molecule has 1 fully saturated rings. The van der Waals surface area contributed by atoms with Gasteiger partial charge < -0.3 is 10.1 Å². The molecule has 0 radical (unpaired) electrons. The van der Waals surface area contributed by atoms with Crippen molar-refractivity contribution in [1.82, 2.24) is 5.32 Å². The molecule has 0 bridgehead atoms. The van der Waals surface area contributed by atoms with Gasteiger partial charge in [-0.2, -0.15) is 0 Å². The highest BCUT2D eigenvalue weighted by atomic mass is 16.5. The van der Waals surface area contributed by atoms with Crippen LogP contribution in [0.2, 0.25) is 0 Å². The lowest BCUT2D eigenvalue weighted by Gasteiger charge is -2.23. The molecular weight excluding hydrogens is 186 g/mol. The highest BCUT2D eigenvalue weighted by molar-refractivity contribution is 5.14. The summed E-state index contributed by atoms with van der Waals surface area (Å²) in [7, 11) is 0. The summed E-state index contributed by atoms with van der Waals surface area (Å²) in [6, 6.07) is 10.6. The third kappa shape index (κ3) is 3.05. The number of ether oxygens (including phenoxy) is 1. The van der Waals surface area contributed by atoms with Crippen LogP contribution < -0.4 is 5.32 Å². The molecule has 1 aromatic rings. The molecule has 0 aromatic heterocycles. The Morgan fingerprint density at radius 3 is 2.80 bits per heavy atom. The van der Waals surface area contributed by atoms with Crippen molar-refractivity contribution in [2.75, 3.05) is 19.8 Å². The summed E-state index contributed by atoms with van der Waals surface area (Å²) in [6.07, 6.45) is 2.22. The summed E-state index contributed by atoms with van der Waals surface area (Å²) in [5, 5.41) is 3.58. The number of rotatable bonds is 4. The largest absolute Gasteiger partial charge is 0.379 e. The van der Waals surface area contributed by atoms with Crippen LogP contribution in [0.3, 0.4) is 0 Å². The summed E-state index contributed by atoms with van der Waals surface area (Å²) >= 11 is 0. The Morgan fingerprint density at radius 1 is 1.33 bits per heavy atom. The van der Waals surface area contributed by atoms with Crippen molar-refractivity contribution < 1.29 is 4.74 Å². The van der Waals surface area contributed by atoms with Gasteiger partial charge in [0.25, 0.3) is 0 Å². The molecule has 1 aliphatic heterocycles. The van der Waals surface area contributed by atoms with Crippen molar-refractivity contribution in [2.24, 2.45) is 0 Å². The van der Waals surface area contributed by atoms with E-state index in [2.05, 4.69) is 42.6 Å². The van der Waals surface area contributed by atoms with Crippen LogP contribution in [0, 0.1) is 0 Å². The maximum atomic E-state index is 5.40. The second-order valence-electron chi connectivity index (χ2n) is 4.53. The lowest BCUT2D eigenvalue weighted by molar-refractivity contribution is 0.172. The van der Waals surface area contributed by atoms with Crippen LogP contribution in [0.5, 0.6) is 0 Å². The molecule has 2 nitrogen and oxygen atoms in total. The van der Waals surface area contributed by atoms with E-state index >= 15 is 0 Å². The quantitative estimate of drug-likeness (QED) is 0.811. The van der Waals surface area contributed by atoms with E-state index in [1.54, 1.807) is 0 Å². The summed E-state index contributed by atoms with van der Waals surface area (Å²) < 4.78 is 5.40. The zero-order chi connectivity index (χ0) is 10.6. The monoisotopic (exact) mass is 205 g/mol. The second-order valence-corrected chi connectivity index (χ2v) is 4.53. The SMILES string of the molecule is CC1(NCCc2ccccc2)CCOC1. The number of nitrogens with one attached hydrogen (secondary N) is 1. The molecule has 1 heterocycles. The first-order valence-corrected chi connectivity index (χ1v) is 5.65. The number of benzene rings is 1. The van der Waals surface area contributed by atoms with Crippen molar-refractivity contribution >= 4 is 0 Å². The lowest BCUT2D eigenvalue weighted by atomic mass is 10.0. The normalized spacial score (nSPS) is 25.7. The Labute approximate surface area is 91.6 Å². The van der Waals surface area contributed by atoms with E-state index in [0.29, 0.717) is 0 Å². The standard InChI is InChI=1S/C13H19NO/c1-13(8-10-15-11-13)14-9-7-12-5-3-2-4-6-12/h2-6,14H,7-11H2,1H3. The third-order valence-electron chi connectivity index (χ3n) is 3.03. The van der Waals surface area contributed by atoms with Gasteiger partial charge in [-0.3, -0.25) is 0 Å². The van der Waals surface area contributed by atoms with Gasteiger partial charge in [0, 0.05) is 12.1 Å². The average Bonchev–Trinajstić information content (AvgIpc) is 2.67. The molecule has 2 rings (SSSR count). The average molecular weight is 205 g/mol. The summed E-state index contributed by atoms with van der Waals surface area (Å²) in [5.41, 5.74) is 1.60. The Hall–Kier alpha value is -0.860. The van der Waals surface area contributed by atoms with Gasteiger partial charge in [-0.15, -0.1) is 0 Å². The van der Waals surface area contributed by atoms with Crippen molar-refractivity contribution in [1.29, 1.82) is 0 Å². The molecule has 0 amide bonds. The molecule has 1 unspecified atom stereocenters. The van der Waals surface area contributed by atoms with Crippen molar-refractivity contribution in [3.63, 3.8) is 0 Å². The first-order chi connectivity index (χ1) is 7.29. The molecule has 15 heavy (non-hydrogen) atoms. The Morgan fingerprint density at radius 2 is 2.13 bits per heavy atom. The molecule has 1 N–H and O–H groups in total. The van der Waals surface area contributed by atoms with E-state index < -0.39 is 0 Å². The summed E-state index contributed by atoms with van der Waals surface area (Å²) in [4.78, 5) is 0.